The van der Waals surface area contributed by atoms with Crippen LogP contribution >= 0.6 is 23.2 Å². The van der Waals surface area contributed by atoms with Gasteiger partial charge in [-0.15, -0.1) is 0 Å². The quantitative estimate of drug-likeness (QED) is 0.893. The number of hydrogen-bond acceptors (Lipinski definition) is 2. The number of carbonyl (C=O) groups excluding carboxylic acids is 1. The van der Waals surface area contributed by atoms with E-state index >= 15 is 0 Å². The van der Waals surface area contributed by atoms with E-state index in [1.807, 2.05) is 19.1 Å². The zero-order valence-corrected chi connectivity index (χ0v) is 12.2. The molecule has 0 aliphatic carbocycles. The minimum absolute atomic E-state index is 0.0473. The van der Waals surface area contributed by atoms with Gasteiger partial charge in [-0.3, -0.25) is 4.79 Å². The highest BCUT2D eigenvalue weighted by Gasteiger charge is 2.12. The molecule has 20 heavy (non-hydrogen) atoms. The van der Waals surface area contributed by atoms with Crippen LogP contribution in [0.5, 0.6) is 5.75 Å². The summed E-state index contributed by atoms with van der Waals surface area (Å²) in [6.45, 7) is 1.88. The summed E-state index contributed by atoms with van der Waals surface area (Å²) in [6, 6.07) is 11.4. The number of carbonyl (C=O) groups is 1. The number of rotatable bonds is 3. The molecule has 0 fully saturated rings. The van der Waals surface area contributed by atoms with Crippen molar-refractivity contribution in [1.82, 2.24) is 5.32 Å². The molecule has 0 spiro atoms. The molecule has 5 heteroatoms. The number of amides is 1. The zero-order valence-electron chi connectivity index (χ0n) is 10.7. The van der Waals surface area contributed by atoms with Crippen LogP contribution in [0.3, 0.4) is 0 Å². The molecule has 104 valence electrons. The normalized spacial score (nSPS) is 11.9. The van der Waals surface area contributed by atoms with Gasteiger partial charge in [-0.2, -0.15) is 0 Å². The maximum absolute atomic E-state index is 12.1. The Morgan fingerprint density at radius 2 is 1.80 bits per heavy atom. The molecule has 2 aromatic carbocycles. The van der Waals surface area contributed by atoms with Crippen molar-refractivity contribution in [3.63, 3.8) is 0 Å². The molecule has 2 rings (SSSR count). The molecule has 0 saturated carbocycles. The highest BCUT2D eigenvalue weighted by atomic mass is 35.5. The topological polar surface area (TPSA) is 49.3 Å². The Hall–Kier alpha value is -1.71. The van der Waals surface area contributed by atoms with Gasteiger partial charge < -0.3 is 10.4 Å². The number of benzene rings is 2. The summed E-state index contributed by atoms with van der Waals surface area (Å²) in [5.41, 5.74) is 1.35. The molecule has 0 bridgehead atoms. The number of halogens is 2. The van der Waals surface area contributed by atoms with Gasteiger partial charge in [0.25, 0.3) is 5.91 Å². The lowest BCUT2D eigenvalue weighted by atomic mass is 10.1. The molecule has 0 heterocycles. The van der Waals surface area contributed by atoms with E-state index in [2.05, 4.69) is 5.32 Å². The third-order valence-electron chi connectivity index (χ3n) is 2.93. The summed E-state index contributed by atoms with van der Waals surface area (Å²) < 4.78 is 0. The summed E-state index contributed by atoms with van der Waals surface area (Å²) in [5.74, 6) is -0.302. The van der Waals surface area contributed by atoms with E-state index in [1.54, 1.807) is 12.1 Å². The highest BCUT2D eigenvalue weighted by molar-refractivity contribution is 6.32. The summed E-state index contributed by atoms with van der Waals surface area (Å²) in [5, 5.41) is 13.0. The number of nitrogens with one attached hydrogen (secondary N) is 1. The minimum Gasteiger partial charge on any atom is -0.506 e. The molecule has 2 N–H and O–H groups in total. The van der Waals surface area contributed by atoms with Crippen LogP contribution in [0.1, 0.15) is 28.9 Å². The zero-order chi connectivity index (χ0) is 14.7. The molecule has 2 aromatic rings. The largest absolute Gasteiger partial charge is 0.506 e. The monoisotopic (exact) mass is 309 g/mol. The van der Waals surface area contributed by atoms with E-state index in [-0.39, 0.29) is 22.7 Å². The van der Waals surface area contributed by atoms with Crippen molar-refractivity contribution in [2.75, 3.05) is 0 Å². The van der Waals surface area contributed by atoms with Crippen LogP contribution in [0.15, 0.2) is 42.5 Å². The van der Waals surface area contributed by atoms with Gasteiger partial charge in [0, 0.05) is 10.6 Å². The predicted molar refractivity (Wildman–Crippen MR) is 80.5 cm³/mol. The molecule has 1 atom stereocenters. The molecule has 0 aliphatic rings. The van der Waals surface area contributed by atoms with Gasteiger partial charge in [-0.05, 0) is 42.8 Å². The van der Waals surface area contributed by atoms with Gasteiger partial charge in [0.2, 0.25) is 0 Å². The second-order valence-electron chi connectivity index (χ2n) is 4.41. The van der Waals surface area contributed by atoms with E-state index in [9.17, 15) is 9.90 Å². The van der Waals surface area contributed by atoms with Gasteiger partial charge in [0.1, 0.15) is 5.75 Å². The van der Waals surface area contributed by atoms with Gasteiger partial charge in [-0.1, -0.05) is 35.3 Å². The van der Waals surface area contributed by atoms with Crippen molar-refractivity contribution in [2.24, 2.45) is 0 Å². The van der Waals surface area contributed by atoms with Crippen LogP contribution < -0.4 is 5.32 Å². The summed E-state index contributed by atoms with van der Waals surface area (Å²) in [6.07, 6.45) is 0. The van der Waals surface area contributed by atoms with Gasteiger partial charge in [0.05, 0.1) is 11.1 Å². The fourth-order valence-corrected chi connectivity index (χ4v) is 2.07. The van der Waals surface area contributed by atoms with Gasteiger partial charge in [-0.25, -0.2) is 0 Å². The molecular weight excluding hydrogens is 297 g/mol. The van der Waals surface area contributed by atoms with E-state index < -0.39 is 0 Å². The molecule has 1 amide bonds. The number of phenolic OH excluding ortho intramolecular Hbond substituents is 1. The molecular formula is C15H13Cl2NO2. The van der Waals surface area contributed by atoms with Gasteiger partial charge in [0.15, 0.2) is 0 Å². The van der Waals surface area contributed by atoms with Crippen molar-refractivity contribution in [3.05, 3.63) is 63.6 Å². The molecule has 0 saturated heterocycles. The van der Waals surface area contributed by atoms with Crippen LogP contribution in [-0.2, 0) is 0 Å². The van der Waals surface area contributed by atoms with Crippen LogP contribution in [0, 0.1) is 0 Å². The van der Waals surface area contributed by atoms with Crippen molar-refractivity contribution in [3.8, 4) is 5.75 Å². The Morgan fingerprint density at radius 1 is 1.15 bits per heavy atom. The maximum Gasteiger partial charge on any atom is 0.251 e. The van der Waals surface area contributed by atoms with Crippen molar-refractivity contribution < 1.29 is 9.90 Å². The standard InChI is InChI=1S/C15H13Cl2NO2/c1-9(10-2-5-12(16)6-3-10)18-15(20)11-4-7-14(19)13(17)8-11/h2-9,19H,1H3,(H,18,20). The average molecular weight is 310 g/mol. The smallest absolute Gasteiger partial charge is 0.251 e. The lowest BCUT2D eigenvalue weighted by molar-refractivity contribution is 0.0940. The first-order chi connectivity index (χ1) is 9.47. The molecule has 0 radical (unpaired) electrons. The SMILES string of the molecule is CC(NC(=O)c1ccc(O)c(Cl)c1)c1ccc(Cl)cc1. The Balaban J connectivity index is 2.10. The Morgan fingerprint density at radius 3 is 2.40 bits per heavy atom. The van der Waals surface area contributed by atoms with Gasteiger partial charge >= 0.3 is 0 Å². The van der Waals surface area contributed by atoms with E-state index in [0.29, 0.717) is 10.6 Å². The Kier molecular flexibility index (Phi) is 4.53. The van der Waals surface area contributed by atoms with E-state index in [4.69, 9.17) is 23.2 Å². The van der Waals surface area contributed by atoms with Crippen molar-refractivity contribution in [1.29, 1.82) is 0 Å². The Bertz CT molecular complexity index is 626. The van der Waals surface area contributed by atoms with Crippen LogP contribution in [0.2, 0.25) is 10.0 Å². The molecule has 1 unspecified atom stereocenters. The summed E-state index contributed by atoms with van der Waals surface area (Å²) in [4.78, 5) is 12.1. The van der Waals surface area contributed by atoms with Crippen molar-refractivity contribution >= 4 is 29.1 Å². The first-order valence-corrected chi connectivity index (χ1v) is 6.78. The number of aromatic hydroxyl groups is 1. The first kappa shape index (κ1) is 14.7. The average Bonchev–Trinajstić information content (AvgIpc) is 2.42. The molecule has 0 aliphatic heterocycles. The second kappa shape index (κ2) is 6.16. The maximum atomic E-state index is 12.1. The van der Waals surface area contributed by atoms with E-state index in [1.165, 1.54) is 18.2 Å². The fourth-order valence-electron chi connectivity index (χ4n) is 1.76. The number of hydrogen-bond donors (Lipinski definition) is 2. The lowest BCUT2D eigenvalue weighted by Gasteiger charge is -2.14. The molecule has 3 nitrogen and oxygen atoms in total. The summed E-state index contributed by atoms with van der Waals surface area (Å²) in [7, 11) is 0. The predicted octanol–water partition coefficient (Wildman–Crippen LogP) is 4.19. The Labute approximate surface area is 127 Å². The molecule has 0 aromatic heterocycles. The van der Waals surface area contributed by atoms with Crippen molar-refractivity contribution in [2.45, 2.75) is 13.0 Å². The fraction of sp³-hybridized carbons (Fsp3) is 0.133. The second-order valence-corrected chi connectivity index (χ2v) is 5.26. The first-order valence-electron chi connectivity index (χ1n) is 6.02. The lowest BCUT2D eigenvalue weighted by Crippen LogP contribution is -2.26. The van der Waals surface area contributed by atoms with Crippen LogP contribution in [-0.4, -0.2) is 11.0 Å². The van der Waals surface area contributed by atoms with E-state index in [0.717, 1.165) is 5.56 Å². The highest BCUT2D eigenvalue weighted by Crippen LogP contribution is 2.24. The van der Waals surface area contributed by atoms with Crippen LogP contribution in [0.4, 0.5) is 0 Å². The third kappa shape index (κ3) is 3.44. The third-order valence-corrected chi connectivity index (χ3v) is 3.48. The van der Waals surface area contributed by atoms with Crippen LogP contribution in [0.25, 0.3) is 0 Å². The number of phenols is 1. The summed E-state index contributed by atoms with van der Waals surface area (Å²) >= 11 is 11.6. The minimum atomic E-state index is -0.255.